The minimum atomic E-state index is -0.655. The lowest BCUT2D eigenvalue weighted by molar-refractivity contribution is -0.384. The van der Waals surface area contributed by atoms with E-state index < -0.39 is 16.7 Å². The van der Waals surface area contributed by atoms with E-state index >= 15 is 0 Å². The molecule has 126 valence electrons. The van der Waals surface area contributed by atoms with Crippen molar-refractivity contribution in [3.8, 4) is 5.75 Å². The maximum absolute atomic E-state index is 12.4. The van der Waals surface area contributed by atoms with Crippen LogP contribution >= 0.6 is 11.6 Å². The number of imide groups is 1. The van der Waals surface area contributed by atoms with Gasteiger partial charge >= 0.3 is 0 Å². The topological polar surface area (TPSA) is 89.7 Å². The molecule has 8 heteroatoms. The lowest BCUT2D eigenvalue weighted by Gasteiger charge is -2.14. The molecule has 0 N–H and O–H groups in total. The van der Waals surface area contributed by atoms with Gasteiger partial charge in [0.25, 0.3) is 17.5 Å². The predicted octanol–water partition coefficient (Wildman–Crippen LogP) is 2.99. The van der Waals surface area contributed by atoms with E-state index in [9.17, 15) is 19.7 Å². The molecular formula is C17H11ClN2O5. The third-order valence-electron chi connectivity index (χ3n) is 3.52. The molecule has 0 radical (unpaired) electrons. The standard InChI is InChI=1S/C17H11ClN2O5/c18-14-15(25-13-8-6-12(7-9-13)20(23)24)17(22)19(16(14)21)10-11-4-2-1-3-5-11/h1-9H,10H2. The molecule has 0 unspecified atom stereocenters. The number of hydrogen-bond donors (Lipinski definition) is 0. The Morgan fingerprint density at radius 1 is 1.00 bits per heavy atom. The van der Waals surface area contributed by atoms with E-state index in [2.05, 4.69) is 0 Å². The van der Waals surface area contributed by atoms with Crippen LogP contribution in [0.25, 0.3) is 0 Å². The Morgan fingerprint density at radius 2 is 1.64 bits per heavy atom. The van der Waals surface area contributed by atoms with Gasteiger partial charge in [-0.1, -0.05) is 41.9 Å². The molecule has 3 rings (SSSR count). The van der Waals surface area contributed by atoms with Crippen LogP contribution in [0.5, 0.6) is 5.75 Å². The summed E-state index contributed by atoms with van der Waals surface area (Å²) in [6.07, 6.45) is 0. The summed E-state index contributed by atoms with van der Waals surface area (Å²) in [4.78, 5) is 35.7. The highest BCUT2D eigenvalue weighted by atomic mass is 35.5. The van der Waals surface area contributed by atoms with Gasteiger partial charge in [-0.2, -0.15) is 0 Å². The predicted molar refractivity (Wildman–Crippen MR) is 88.6 cm³/mol. The minimum Gasteiger partial charge on any atom is -0.450 e. The number of halogens is 1. The van der Waals surface area contributed by atoms with Crippen molar-refractivity contribution in [3.63, 3.8) is 0 Å². The molecule has 2 amide bonds. The third kappa shape index (κ3) is 3.36. The highest BCUT2D eigenvalue weighted by molar-refractivity contribution is 6.47. The number of nitro groups is 1. The number of nitrogens with zero attached hydrogens (tertiary/aromatic N) is 2. The average molecular weight is 359 g/mol. The molecule has 0 aromatic heterocycles. The van der Waals surface area contributed by atoms with Gasteiger partial charge in [0, 0.05) is 12.1 Å². The first-order valence-electron chi connectivity index (χ1n) is 7.19. The van der Waals surface area contributed by atoms with Crippen LogP contribution in [-0.4, -0.2) is 21.6 Å². The Balaban J connectivity index is 1.78. The van der Waals surface area contributed by atoms with Crippen molar-refractivity contribution in [1.29, 1.82) is 0 Å². The van der Waals surface area contributed by atoms with E-state index in [-0.39, 0.29) is 28.8 Å². The molecule has 1 heterocycles. The zero-order valence-electron chi connectivity index (χ0n) is 12.7. The maximum Gasteiger partial charge on any atom is 0.298 e. The first-order chi connectivity index (χ1) is 12.0. The number of carbonyl (C=O) groups excluding carboxylic acids is 2. The molecule has 0 aliphatic carbocycles. The van der Waals surface area contributed by atoms with E-state index in [0.29, 0.717) is 0 Å². The molecule has 0 spiro atoms. The second kappa shape index (κ2) is 6.74. The summed E-state index contributed by atoms with van der Waals surface area (Å²) in [7, 11) is 0. The fourth-order valence-corrected chi connectivity index (χ4v) is 2.50. The van der Waals surface area contributed by atoms with Gasteiger partial charge in [-0.25, -0.2) is 0 Å². The van der Waals surface area contributed by atoms with Gasteiger partial charge in [0.15, 0.2) is 5.03 Å². The normalized spacial score (nSPS) is 14.2. The lowest BCUT2D eigenvalue weighted by atomic mass is 10.2. The molecular weight excluding hydrogens is 348 g/mol. The highest BCUT2D eigenvalue weighted by Crippen LogP contribution is 2.29. The SMILES string of the molecule is O=C1C(Cl)=C(Oc2ccc([N+](=O)[O-])cc2)C(=O)N1Cc1ccccc1. The van der Waals surface area contributed by atoms with Crippen LogP contribution in [0.4, 0.5) is 5.69 Å². The van der Waals surface area contributed by atoms with Crippen molar-refractivity contribution in [2.24, 2.45) is 0 Å². The second-order valence-electron chi connectivity index (χ2n) is 5.18. The summed E-state index contributed by atoms with van der Waals surface area (Å²) in [6, 6.07) is 14.1. The third-order valence-corrected chi connectivity index (χ3v) is 3.86. The van der Waals surface area contributed by atoms with Crippen molar-refractivity contribution < 1.29 is 19.2 Å². The average Bonchev–Trinajstić information content (AvgIpc) is 2.81. The van der Waals surface area contributed by atoms with Crippen LogP contribution in [-0.2, 0) is 16.1 Å². The smallest absolute Gasteiger partial charge is 0.298 e. The van der Waals surface area contributed by atoms with Crippen LogP contribution in [0, 0.1) is 10.1 Å². The van der Waals surface area contributed by atoms with E-state index in [1.807, 2.05) is 6.07 Å². The first kappa shape index (κ1) is 16.7. The molecule has 0 saturated carbocycles. The van der Waals surface area contributed by atoms with Gasteiger partial charge in [-0.05, 0) is 17.7 Å². The molecule has 2 aromatic carbocycles. The summed E-state index contributed by atoms with van der Waals surface area (Å²) in [6.45, 7) is 0.0713. The second-order valence-corrected chi connectivity index (χ2v) is 5.56. The van der Waals surface area contributed by atoms with E-state index in [4.69, 9.17) is 16.3 Å². The lowest BCUT2D eigenvalue weighted by Crippen LogP contribution is -2.31. The molecule has 0 saturated heterocycles. The Bertz CT molecular complexity index is 878. The number of amides is 2. The number of ether oxygens (including phenoxy) is 1. The number of carbonyl (C=O) groups is 2. The van der Waals surface area contributed by atoms with Crippen LogP contribution in [0.3, 0.4) is 0 Å². The molecule has 0 atom stereocenters. The number of rotatable bonds is 5. The van der Waals surface area contributed by atoms with E-state index in [1.54, 1.807) is 24.3 Å². The van der Waals surface area contributed by atoms with Gasteiger partial charge in [0.2, 0.25) is 5.76 Å². The van der Waals surface area contributed by atoms with Crippen LogP contribution in [0.2, 0.25) is 0 Å². The van der Waals surface area contributed by atoms with Gasteiger partial charge < -0.3 is 4.74 Å². The Labute approximate surface area is 147 Å². The van der Waals surface area contributed by atoms with Crippen molar-refractivity contribution >= 4 is 29.1 Å². The summed E-state index contributed by atoms with van der Waals surface area (Å²) in [5.74, 6) is -1.43. The summed E-state index contributed by atoms with van der Waals surface area (Å²) in [5, 5.41) is 10.3. The molecule has 0 fully saturated rings. The monoisotopic (exact) mass is 358 g/mol. The van der Waals surface area contributed by atoms with Gasteiger partial charge in [-0.3, -0.25) is 24.6 Å². The van der Waals surface area contributed by atoms with Crippen LogP contribution in [0.1, 0.15) is 5.56 Å². The van der Waals surface area contributed by atoms with Crippen molar-refractivity contribution in [2.45, 2.75) is 6.54 Å². The summed E-state index contributed by atoms with van der Waals surface area (Å²) < 4.78 is 5.39. The fraction of sp³-hybridized carbons (Fsp3) is 0.0588. The molecule has 2 aromatic rings. The molecule has 1 aliphatic rings. The summed E-state index contributed by atoms with van der Waals surface area (Å²) in [5.41, 5.74) is 0.650. The number of nitro benzene ring substituents is 1. The Kier molecular flexibility index (Phi) is 4.49. The number of hydrogen-bond acceptors (Lipinski definition) is 5. The molecule has 25 heavy (non-hydrogen) atoms. The first-order valence-corrected chi connectivity index (χ1v) is 7.57. The van der Waals surface area contributed by atoms with E-state index in [0.717, 1.165) is 10.5 Å². The van der Waals surface area contributed by atoms with Gasteiger partial charge in [-0.15, -0.1) is 0 Å². The van der Waals surface area contributed by atoms with Crippen LogP contribution in [0.15, 0.2) is 65.4 Å². The zero-order chi connectivity index (χ0) is 18.0. The van der Waals surface area contributed by atoms with E-state index in [1.165, 1.54) is 24.3 Å². The van der Waals surface area contributed by atoms with Crippen molar-refractivity contribution in [3.05, 3.63) is 81.1 Å². The van der Waals surface area contributed by atoms with Gasteiger partial charge in [0.05, 0.1) is 11.5 Å². The zero-order valence-corrected chi connectivity index (χ0v) is 13.5. The van der Waals surface area contributed by atoms with Crippen molar-refractivity contribution in [1.82, 2.24) is 4.90 Å². The van der Waals surface area contributed by atoms with Crippen LogP contribution < -0.4 is 4.74 Å². The molecule has 0 bridgehead atoms. The van der Waals surface area contributed by atoms with Gasteiger partial charge in [0.1, 0.15) is 5.75 Å². The Morgan fingerprint density at radius 3 is 2.24 bits per heavy atom. The highest BCUT2D eigenvalue weighted by Gasteiger charge is 2.39. The maximum atomic E-state index is 12.4. The minimum absolute atomic E-state index is 0.0713. The molecule has 1 aliphatic heterocycles. The fourth-order valence-electron chi connectivity index (χ4n) is 2.28. The quantitative estimate of drug-likeness (QED) is 0.465. The Hall–Kier alpha value is -3.19. The number of non-ortho nitro benzene ring substituents is 1. The molecule has 7 nitrogen and oxygen atoms in total. The largest absolute Gasteiger partial charge is 0.450 e. The summed E-state index contributed by atoms with van der Waals surface area (Å²) >= 11 is 5.95. The number of benzene rings is 2. The van der Waals surface area contributed by atoms with Crippen molar-refractivity contribution in [2.75, 3.05) is 0 Å².